The number of aliphatic carboxylic acids is 1. The number of nitrogens with two attached hydrogens (primary N) is 1. The van der Waals surface area contributed by atoms with Gasteiger partial charge in [0.15, 0.2) is 0 Å². The van der Waals surface area contributed by atoms with Gasteiger partial charge in [0.1, 0.15) is 5.82 Å². The molecule has 1 heterocycles. The van der Waals surface area contributed by atoms with Gasteiger partial charge < -0.3 is 16.2 Å². The van der Waals surface area contributed by atoms with Crippen LogP contribution < -0.4 is 11.1 Å². The van der Waals surface area contributed by atoms with E-state index in [0.717, 1.165) is 24.8 Å². The fourth-order valence-electron chi connectivity index (χ4n) is 1.96. The summed E-state index contributed by atoms with van der Waals surface area (Å²) in [6.07, 6.45) is 5.28. The number of unbranched alkanes of at least 4 members (excludes halogenated alkanes) is 3. The van der Waals surface area contributed by atoms with Crippen molar-refractivity contribution in [1.82, 2.24) is 4.98 Å². The molecule has 20 heavy (non-hydrogen) atoms. The highest BCUT2D eigenvalue weighted by atomic mass is 16.4. The number of hydrogen-bond donors (Lipinski definition) is 3. The molecule has 0 fully saturated rings. The van der Waals surface area contributed by atoms with Crippen molar-refractivity contribution in [3.8, 4) is 0 Å². The zero-order valence-electron chi connectivity index (χ0n) is 11.7. The number of rotatable bonds is 9. The summed E-state index contributed by atoms with van der Waals surface area (Å²) in [7, 11) is 0. The number of aromatic nitrogens is 1. The van der Waals surface area contributed by atoms with Crippen LogP contribution in [0.15, 0.2) is 12.3 Å². The number of pyridine rings is 1. The van der Waals surface area contributed by atoms with Gasteiger partial charge in [-0.1, -0.05) is 12.8 Å². The largest absolute Gasteiger partial charge is 0.481 e. The van der Waals surface area contributed by atoms with E-state index in [1.54, 1.807) is 12.3 Å². The maximum Gasteiger partial charge on any atom is 0.303 e. The first-order chi connectivity index (χ1) is 9.52. The van der Waals surface area contributed by atoms with Gasteiger partial charge in [-0.15, -0.1) is 0 Å². The zero-order chi connectivity index (χ0) is 15.0. The number of primary amides is 1. The van der Waals surface area contributed by atoms with Crippen molar-refractivity contribution < 1.29 is 14.7 Å². The van der Waals surface area contributed by atoms with Crippen molar-refractivity contribution in [3.63, 3.8) is 0 Å². The summed E-state index contributed by atoms with van der Waals surface area (Å²) in [6, 6.07) is 1.75. The summed E-state index contributed by atoms with van der Waals surface area (Å²) in [4.78, 5) is 25.8. The predicted octanol–water partition coefficient (Wildman–Crippen LogP) is 1.94. The van der Waals surface area contributed by atoms with Gasteiger partial charge in [-0.3, -0.25) is 9.59 Å². The summed E-state index contributed by atoms with van der Waals surface area (Å²) in [5.41, 5.74) is 6.57. The molecule has 1 amide bonds. The molecule has 0 radical (unpaired) electrons. The van der Waals surface area contributed by atoms with E-state index in [4.69, 9.17) is 10.8 Å². The number of amides is 1. The van der Waals surface area contributed by atoms with E-state index in [1.165, 1.54) is 0 Å². The Labute approximate surface area is 118 Å². The van der Waals surface area contributed by atoms with Crippen LogP contribution in [0.2, 0.25) is 0 Å². The number of hydrogen-bond acceptors (Lipinski definition) is 4. The van der Waals surface area contributed by atoms with Gasteiger partial charge in [0.05, 0.1) is 5.56 Å². The number of carbonyl (C=O) groups is 2. The third kappa shape index (κ3) is 5.26. The maximum atomic E-state index is 11.4. The van der Waals surface area contributed by atoms with Gasteiger partial charge in [-0.05, 0) is 31.4 Å². The fraction of sp³-hybridized carbons (Fsp3) is 0.500. The lowest BCUT2D eigenvalue weighted by Gasteiger charge is -2.10. The molecule has 0 spiro atoms. The lowest BCUT2D eigenvalue weighted by Crippen LogP contribution is -2.17. The third-order valence-electron chi connectivity index (χ3n) is 3.02. The molecule has 0 aromatic carbocycles. The number of carbonyl (C=O) groups excluding carboxylic acids is 1. The Hall–Kier alpha value is -2.11. The van der Waals surface area contributed by atoms with Gasteiger partial charge in [-0.25, -0.2) is 4.98 Å². The van der Waals surface area contributed by atoms with Gasteiger partial charge in [0.25, 0.3) is 5.91 Å². The highest BCUT2D eigenvalue weighted by Gasteiger charge is 2.11. The molecular formula is C14H21N3O3. The van der Waals surface area contributed by atoms with Crippen LogP contribution in [0.4, 0.5) is 5.82 Å². The van der Waals surface area contributed by atoms with Crippen molar-refractivity contribution in [2.75, 3.05) is 11.9 Å². The van der Waals surface area contributed by atoms with Crippen LogP contribution in [-0.4, -0.2) is 28.5 Å². The average molecular weight is 279 g/mol. The lowest BCUT2D eigenvalue weighted by molar-refractivity contribution is -0.137. The Morgan fingerprint density at radius 2 is 2.00 bits per heavy atom. The first-order valence-corrected chi connectivity index (χ1v) is 6.73. The first-order valence-electron chi connectivity index (χ1n) is 6.73. The van der Waals surface area contributed by atoms with Crippen LogP contribution in [0, 0.1) is 6.92 Å². The summed E-state index contributed by atoms with van der Waals surface area (Å²) < 4.78 is 0. The SMILES string of the molecule is Cc1ccnc(NCCCCCCC(=O)O)c1C(N)=O. The van der Waals surface area contributed by atoms with Crippen molar-refractivity contribution >= 4 is 17.7 Å². The minimum absolute atomic E-state index is 0.221. The summed E-state index contributed by atoms with van der Waals surface area (Å²) in [5.74, 6) is -0.722. The molecule has 0 saturated carbocycles. The van der Waals surface area contributed by atoms with E-state index in [-0.39, 0.29) is 6.42 Å². The number of nitrogens with zero attached hydrogens (tertiary/aromatic N) is 1. The Bertz CT molecular complexity index is 475. The molecule has 0 unspecified atom stereocenters. The van der Waals surface area contributed by atoms with Gasteiger partial charge in [0.2, 0.25) is 0 Å². The standard InChI is InChI=1S/C14H21N3O3/c1-10-7-9-17-14(12(10)13(15)20)16-8-5-3-2-4-6-11(18)19/h7,9H,2-6,8H2,1H3,(H2,15,20)(H,16,17)(H,18,19). The Morgan fingerprint density at radius 1 is 1.30 bits per heavy atom. The quantitative estimate of drug-likeness (QED) is 0.599. The van der Waals surface area contributed by atoms with E-state index in [2.05, 4.69) is 10.3 Å². The first kappa shape index (κ1) is 15.9. The lowest BCUT2D eigenvalue weighted by atomic mass is 10.1. The van der Waals surface area contributed by atoms with E-state index < -0.39 is 11.9 Å². The van der Waals surface area contributed by atoms with Crippen LogP contribution in [-0.2, 0) is 4.79 Å². The topological polar surface area (TPSA) is 105 Å². The molecule has 1 aromatic heterocycles. The smallest absolute Gasteiger partial charge is 0.303 e. The Morgan fingerprint density at radius 3 is 2.65 bits per heavy atom. The number of carboxylic acids is 1. The predicted molar refractivity (Wildman–Crippen MR) is 76.7 cm³/mol. The average Bonchev–Trinajstić information content (AvgIpc) is 2.36. The van der Waals surface area contributed by atoms with Gasteiger partial charge in [-0.2, -0.15) is 0 Å². The third-order valence-corrected chi connectivity index (χ3v) is 3.02. The number of carboxylic acid groups (broad SMARTS) is 1. The molecule has 6 heteroatoms. The highest BCUT2D eigenvalue weighted by Crippen LogP contribution is 2.16. The van der Waals surface area contributed by atoms with E-state index in [9.17, 15) is 9.59 Å². The van der Waals surface area contributed by atoms with Gasteiger partial charge >= 0.3 is 5.97 Å². The van der Waals surface area contributed by atoms with E-state index in [0.29, 0.717) is 24.3 Å². The molecular weight excluding hydrogens is 258 g/mol. The van der Waals surface area contributed by atoms with Crippen LogP contribution in [0.25, 0.3) is 0 Å². The summed E-state index contributed by atoms with van der Waals surface area (Å²) in [6.45, 7) is 2.50. The zero-order valence-corrected chi connectivity index (χ0v) is 11.7. The van der Waals surface area contributed by atoms with Crippen molar-refractivity contribution in [1.29, 1.82) is 0 Å². The van der Waals surface area contributed by atoms with Crippen LogP contribution in [0.1, 0.15) is 48.0 Å². The summed E-state index contributed by atoms with van der Waals surface area (Å²) >= 11 is 0. The fourth-order valence-corrected chi connectivity index (χ4v) is 1.96. The van der Waals surface area contributed by atoms with E-state index >= 15 is 0 Å². The van der Waals surface area contributed by atoms with E-state index in [1.807, 2.05) is 6.92 Å². The summed E-state index contributed by atoms with van der Waals surface area (Å²) in [5, 5.41) is 11.6. The molecule has 0 aliphatic heterocycles. The minimum Gasteiger partial charge on any atom is -0.481 e. The molecule has 0 bridgehead atoms. The Balaban J connectivity index is 2.34. The molecule has 4 N–H and O–H groups in total. The number of nitrogens with one attached hydrogen (secondary N) is 1. The normalized spacial score (nSPS) is 10.2. The monoisotopic (exact) mass is 279 g/mol. The van der Waals surface area contributed by atoms with Crippen LogP contribution in [0.5, 0.6) is 0 Å². The molecule has 0 aliphatic carbocycles. The molecule has 110 valence electrons. The van der Waals surface area contributed by atoms with Gasteiger partial charge in [0, 0.05) is 19.2 Å². The van der Waals surface area contributed by atoms with Crippen LogP contribution in [0.3, 0.4) is 0 Å². The molecule has 1 rings (SSSR count). The number of aryl methyl sites for hydroxylation is 1. The van der Waals surface area contributed by atoms with Crippen molar-refractivity contribution in [2.45, 2.75) is 39.0 Å². The second kappa shape index (κ2) is 8.14. The second-order valence-corrected chi connectivity index (χ2v) is 4.70. The number of anilines is 1. The minimum atomic E-state index is -0.752. The molecule has 6 nitrogen and oxygen atoms in total. The Kier molecular flexibility index (Phi) is 6.49. The molecule has 0 aliphatic rings. The van der Waals surface area contributed by atoms with Crippen molar-refractivity contribution in [2.24, 2.45) is 5.73 Å². The molecule has 1 aromatic rings. The van der Waals surface area contributed by atoms with Crippen molar-refractivity contribution in [3.05, 3.63) is 23.4 Å². The molecule has 0 saturated heterocycles. The maximum absolute atomic E-state index is 11.4. The highest BCUT2D eigenvalue weighted by molar-refractivity contribution is 5.98. The molecule has 0 atom stereocenters. The van der Waals surface area contributed by atoms with Crippen LogP contribution >= 0.6 is 0 Å². The second-order valence-electron chi connectivity index (χ2n) is 4.70.